The molecule has 0 aromatic heterocycles. The van der Waals surface area contributed by atoms with Gasteiger partial charge in [-0.05, 0) is 26.2 Å². The molecule has 6 heteroatoms. The average Bonchev–Trinajstić information content (AvgIpc) is 2.34. The van der Waals surface area contributed by atoms with Gasteiger partial charge in [0.25, 0.3) is 0 Å². The fourth-order valence-corrected chi connectivity index (χ4v) is 2.10. The van der Waals surface area contributed by atoms with Crippen molar-refractivity contribution in [3.05, 3.63) is 0 Å². The molecule has 1 heterocycles. The van der Waals surface area contributed by atoms with E-state index in [1.165, 1.54) is 6.42 Å². The minimum Gasteiger partial charge on any atom is -0.378 e. The van der Waals surface area contributed by atoms with Gasteiger partial charge < -0.3 is 20.3 Å². The SMILES string of the molecule is CC(NC(=O)NC1CCC1)C(=O)N1CCOCC1. The molecule has 0 bridgehead atoms. The molecule has 102 valence electrons. The number of hydrogen-bond acceptors (Lipinski definition) is 3. The van der Waals surface area contributed by atoms with Gasteiger partial charge in [0.2, 0.25) is 5.91 Å². The Morgan fingerprint density at radius 1 is 1.28 bits per heavy atom. The molecule has 2 rings (SSSR count). The van der Waals surface area contributed by atoms with Gasteiger partial charge in [0.1, 0.15) is 6.04 Å². The van der Waals surface area contributed by atoms with Crippen LogP contribution in [0, 0.1) is 0 Å². The number of urea groups is 1. The first-order valence-electron chi connectivity index (χ1n) is 6.60. The molecule has 0 aromatic rings. The maximum absolute atomic E-state index is 12.0. The molecule has 0 aromatic carbocycles. The second-order valence-corrected chi connectivity index (χ2v) is 4.90. The van der Waals surface area contributed by atoms with E-state index < -0.39 is 6.04 Å². The highest BCUT2D eigenvalue weighted by molar-refractivity contribution is 5.86. The van der Waals surface area contributed by atoms with E-state index in [0.717, 1.165) is 12.8 Å². The van der Waals surface area contributed by atoms with Crippen molar-refractivity contribution in [2.45, 2.75) is 38.3 Å². The summed E-state index contributed by atoms with van der Waals surface area (Å²) in [6, 6.07) is -0.437. The van der Waals surface area contributed by atoms with Crippen molar-refractivity contribution in [1.82, 2.24) is 15.5 Å². The molecule has 1 aliphatic carbocycles. The fraction of sp³-hybridized carbons (Fsp3) is 0.833. The van der Waals surface area contributed by atoms with E-state index in [-0.39, 0.29) is 18.0 Å². The number of amides is 3. The Morgan fingerprint density at radius 2 is 1.94 bits per heavy atom. The maximum atomic E-state index is 12.0. The zero-order valence-corrected chi connectivity index (χ0v) is 10.8. The molecule has 3 amide bonds. The minimum atomic E-state index is -0.483. The molecule has 1 aliphatic heterocycles. The Kier molecular flexibility index (Phi) is 4.41. The lowest BCUT2D eigenvalue weighted by atomic mass is 9.93. The fourth-order valence-electron chi connectivity index (χ4n) is 2.10. The van der Waals surface area contributed by atoms with E-state index in [1.54, 1.807) is 11.8 Å². The first kappa shape index (κ1) is 13.1. The van der Waals surface area contributed by atoms with Crippen molar-refractivity contribution in [1.29, 1.82) is 0 Å². The molecule has 2 aliphatic rings. The summed E-state index contributed by atoms with van der Waals surface area (Å²) in [4.78, 5) is 25.4. The van der Waals surface area contributed by atoms with Crippen molar-refractivity contribution < 1.29 is 14.3 Å². The smallest absolute Gasteiger partial charge is 0.315 e. The van der Waals surface area contributed by atoms with E-state index in [0.29, 0.717) is 26.3 Å². The van der Waals surface area contributed by atoms with Crippen LogP contribution in [0.3, 0.4) is 0 Å². The van der Waals surface area contributed by atoms with Crippen LogP contribution in [0.5, 0.6) is 0 Å². The zero-order chi connectivity index (χ0) is 13.0. The summed E-state index contributed by atoms with van der Waals surface area (Å²) in [5.41, 5.74) is 0. The number of ether oxygens (including phenoxy) is 1. The van der Waals surface area contributed by atoms with Gasteiger partial charge in [-0.15, -0.1) is 0 Å². The Morgan fingerprint density at radius 3 is 2.50 bits per heavy atom. The molecular weight excluding hydrogens is 234 g/mol. The summed E-state index contributed by atoms with van der Waals surface area (Å²) in [6.45, 7) is 4.09. The number of carbonyl (C=O) groups excluding carboxylic acids is 2. The molecule has 0 radical (unpaired) electrons. The van der Waals surface area contributed by atoms with Crippen LogP contribution in [0.1, 0.15) is 26.2 Å². The number of rotatable bonds is 3. The topological polar surface area (TPSA) is 70.7 Å². The summed E-state index contributed by atoms with van der Waals surface area (Å²) in [6.07, 6.45) is 3.26. The quantitative estimate of drug-likeness (QED) is 0.750. The predicted molar refractivity (Wildman–Crippen MR) is 66.2 cm³/mol. The minimum absolute atomic E-state index is 0.0398. The number of hydrogen-bond donors (Lipinski definition) is 2. The van der Waals surface area contributed by atoms with Crippen LogP contribution in [0.2, 0.25) is 0 Å². The monoisotopic (exact) mass is 255 g/mol. The molecule has 1 saturated carbocycles. The van der Waals surface area contributed by atoms with Gasteiger partial charge in [-0.1, -0.05) is 0 Å². The molecular formula is C12H21N3O3. The van der Waals surface area contributed by atoms with Gasteiger partial charge in [0.05, 0.1) is 13.2 Å². The Labute approximate surface area is 107 Å². The number of morpholine rings is 1. The second kappa shape index (κ2) is 6.04. The van der Waals surface area contributed by atoms with Crippen LogP contribution in [0.15, 0.2) is 0 Å². The van der Waals surface area contributed by atoms with Crippen LogP contribution in [-0.4, -0.2) is 55.2 Å². The van der Waals surface area contributed by atoms with Gasteiger partial charge >= 0.3 is 6.03 Å². The third-order valence-corrected chi connectivity index (χ3v) is 3.48. The van der Waals surface area contributed by atoms with Gasteiger partial charge in [-0.25, -0.2) is 4.79 Å². The molecule has 0 spiro atoms. The summed E-state index contributed by atoms with van der Waals surface area (Å²) in [5.74, 6) is -0.0398. The molecule has 2 N–H and O–H groups in total. The first-order chi connectivity index (χ1) is 8.66. The van der Waals surface area contributed by atoms with E-state index in [1.807, 2.05) is 0 Å². The van der Waals surface area contributed by atoms with Gasteiger partial charge in [-0.3, -0.25) is 4.79 Å². The maximum Gasteiger partial charge on any atom is 0.315 e. The van der Waals surface area contributed by atoms with E-state index >= 15 is 0 Å². The van der Waals surface area contributed by atoms with Crippen molar-refractivity contribution in [3.63, 3.8) is 0 Å². The average molecular weight is 255 g/mol. The van der Waals surface area contributed by atoms with Gasteiger partial charge in [-0.2, -0.15) is 0 Å². The molecule has 18 heavy (non-hydrogen) atoms. The van der Waals surface area contributed by atoms with E-state index in [9.17, 15) is 9.59 Å². The van der Waals surface area contributed by atoms with Gasteiger partial charge in [0, 0.05) is 19.1 Å². The normalized spacial score (nSPS) is 21.9. The van der Waals surface area contributed by atoms with E-state index in [2.05, 4.69) is 10.6 Å². The zero-order valence-electron chi connectivity index (χ0n) is 10.8. The second-order valence-electron chi connectivity index (χ2n) is 4.90. The van der Waals surface area contributed by atoms with Crippen LogP contribution in [0.25, 0.3) is 0 Å². The summed E-state index contributed by atoms with van der Waals surface area (Å²) in [5, 5.41) is 5.55. The largest absolute Gasteiger partial charge is 0.378 e. The van der Waals surface area contributed by atoms with Gasteiger partial charge in [0.15, 0.2) is 0 Å². The molecule has 1 unspecified atom stereocenters. The van der Waals surface area contributed by atoms with Crippen molar-refractivity contribution in [2.75, 3.05) is 26.3 Å². The molecule has 2 fully saturated rings. The lowest BCUT2D eigenvalue weighted by molar-refractivity contribution is -0.136. The summed E-state index contributed by atoms with van der Waals surface area (Å²) < 4.78 is 5.19. The highest BCUT2D eigenvalue weighted by Crippen LogP contribution is 2.17. The van der Waals surface area contributed by atoms with Crippen molar-refractivity contribution in [3.8, 4) is 0 Å². The standard InChI is InChI=1S/C12H21N3O3/c1-9(11(16)15-5-7-18-8-6-15)13-12(17)14-10-3-2-4-10/h9-10H,2-8H2,1H3,(H2,13,14,17). The lowest BCUT2D eigenvalue weighted by Gasteiger charge is -2.30. The Bertz CT molecular complexity index is 312. The van der Waals surface area contributed by atoms with Crippen LogP contribution >= 0.6 is 0 Å². The molecule has 6 nitrogen and oxygen atoms in total. The Hall–Kier alpha value is -1.30. The van der Waals surface area contributed by atoms with Crippen molar-refractivity contribution in [2.24, 2.45) is 0 Å². The third-order valence-electron chi connectivity index (χ3n) is 3.48. The number of carbonyl (C=O) groups is 2. The lowest BCUT2D eigenvalue weighted by Crippen LogP contribution is -2.54. The highest BCUT2D eigenvalue weighted by atomic mass is 16.5. The third kappa shape index (κ3) is 3.35. The first-order valence-corrected chi connectivity index (χ1v) is 6.60. The van der Waals surface area contributed by atoms with E-state index in [4.69, 9.17) is 4.74 Å². The molecule has 1 saturated heterocycles. The van der Waals surface area contributed by atoms with Crippen LogP contribution in [0.4, 0.5) is 4.79 Å². The predicted octanol–water partition coefficient (Wildman–Crippen LogP) is 0.0854. The van der Waals surface area contributed by atoms with Crippen LogP contribution < -0.4 is 10.6 Å². The number of nitrogens with zero attached hydrogens (tertiary/aromatic N) is 1. The highest BCUT2D eigenvalue weighted by Gasteiger charge is 2.25. The number of nitrogens with one attached hydrogen (secondary N) is 2. The summed E-state index contributed by atoms with van der Waals surface area (Å²) in [7, 11) is 0. The van der Waals surface area contributed by atoms with Crippen molar-refractivity contribution >= 4 is 11.9 Å². The van der Waals surface area contributed by atoms with Crippen LogP contribution in [-0.2, 0) is 9.53 Å². The summed E-state index contributed by atoms with van der Waals surface area (Å²) >= 11 is 0. The Balaban J connectivity index is 1.73. The molecule has 1 atom stereocenters.